The monoisotopic (exact) mass is 368 g/mol. The fraction of sp³-hybridized carbons (Fsp3) is 0.364. The summed E-state index contributed by atoms with van der Waals surface area (Å²) in [6, 6.07) is 14.4. The molecule has 1 heterocycles. The molecule has 3 rings (SSSR count). The van der Waals surface area contributed by atoms with Crippen molar-refractivity contribution < 1.29 is 14.0 Å². The minimum absolute atomic E-state index is 0.135. The topological polar surface area (TPSA) is 40.6 Å². The summed E-state index contributed by atoms with van der Waals surface area (Å²) in [6.07, 6.45) is 0.754. The van der Waals surface area contributed by atoms with Crippen molar-refractivity contribution in [3.8, 4) is 0 Å². The minimum atomic E-state index is -0.391. The van der Waals surface area contributed by atoms with E-state index < -0.39 is 5.82 Å². The zero-order valence-corrected chi connectivity index (χ0v) is 15.8. The summed E-state index contributed by atoms with van der Waals surface area (Å²) < 4.78 is 14.4. The number of hydrogen-bond donors (Lipinski definition) is 0. The lowest BCUT2D eigenvalue weighted by molar-refractivity contribution is -0.133. The van der Waals surface area contributed by atoms with Gasteiger partial charge in [0.05, 0.1) is 11.6 Å². The average Bonchev–Trinajstić information content (AvgIpc) is 2.69. The zero-order valence-electron chi connectivity index (χ0n) is 15.8. The number of halogens is 1. The Bertz CT molecular complexity index is 814. The Balaban J connectivity index is 1.66. The second-order valence-electron chi connectivity index (χ2n) is 6.91. The SMILES string of the molecule is CCC(C(=O)N1CCN(c2ccc(C(C)=O)cc2F)CC1)c1ccccc1. The number of anilines is 1. The molecule has 1 fully saturated rings. The van der Waals surface area contributed by atoms with Crippen LogP contribution in [0.1, 0.15) is 42.1 Å². The number of carbonyl (C=O) groups excluding carboxylic acids is 2. The van der Waals surface area contributed by atoms with Gasteiger partial charge in [0.15, 0.2) is 5.78 Å². The molecule has 0 bridgehead atoms. The van der Waals surface area contributed by atoms with Crippen LogP contribution in [-0.4, -0.2) is 42.8 Å². The molecular weight excluding hydrogens is 343 g/mol. The van der Waals surface area contributed by atoms with Gasteiger partial charge in [-0.2, -0.15) is 0 Å². The van der Waals surface area contributed by atoms with E-state index in [0.717, 1.165) is 12.0 Å². The molecule has 1 aliphatic rings. The van der Waals surface area contributed by atoms with Gasteiger partial charge in [-0.05, 0) is 37.1 Å². The summed E-state index contributed by atoms with van der Waals surface area (Å²) in [7, 11) is 0. The number of nitrogens with zero attached hydrogens (tertiary/aromatic N) is 2. The largest absolute Gasteiger partial charge is 0.366 e. The maximum absolute atomic E-state index is 14.4. The van der Waals surface area contributed by atoms with E-state index in [9.17, 15) is 14.0 Å². The van der Waals surface area contributed by atoms with Crippen LogP contribution in [0.25, 0.3) is 0 Å². The van der Waals surface area contributed by atoms with E-state index in [-0.39, 0.29) is 17.6 Å². The number of rotatable bonds is 5. The van der Waals surface area contributed by atoms with Gasteiger partial charge < -0.3 is 9.80 Å². The van der Waals surface area contributed by atoms with Gasteiger partial charge in [0.1, 0.15) is 5.82 Å². The van der Waals surface area contributed by atoms with Crippen molar-refractivity contribution in [2.45, 2.75) is 26.2 Å². The van der Waals surface area contributed by atoms with E-state index in [1.807, 2.05) is 47.1 Å². The summed E-state index contributed by atoms with van der Waals surface area (Å²) in [5.41, 5.74) is 1.90. The number of carbonyl (C=O) groups is 2. The van der Waals surface area contributed by atoms with Crippen LogP contribution in [-0.2, 0) is 4.79 Å². The number of piperazine rings is 1. The first-order chi connectivity index (χ1) is 13.0. The first-order valence-corrected chi connectivity index (χ1v) is 9.40. The Morgan fingerprint density at radius 1 is 1.04 bits per heavy atom. The minimum Gasteiger partial charge on any atom is -0.366 e. The van der Waals surface area contributed by atoms with Gasteiger partial charge in [-0.15, -0.1) is 0 Å². The Hall–Kier alpha value is -2.69. The van der Waals surface area contributed by atoms with Crippen LogP contribution < -0.4 is 4.90 Å². The summed E-state index contributed by atoms with van der Waals surface area (Å²) in [6.45, 7) is 5.74. The predicted molar refractivity (Wildman–Crippen MR) is 105 cm³/mol. The summed E-state index contributed by atoms with van der Waals surface area (Å²) in [5, 5.41) is 0. The molecule has 0 aliphatic carbocycles. The zero-order chi connectivity index (χ0) is 19.4. The van der Waals surface area contributed by atoms with Gasteiger partial charge in [-0.3, -0.25) is 9.59 Å². The molecule has 1 atom stereocenters. The smallest absolute Gasteiger partial charge is 0.230 e. The predicted octanol–water partition coefficient (Wildman–Crippen LogP) is 3.87. The molecule has 142 valence electrons. The molecule has 1 saturated heterocycles. The second-order valence-corrected chi connectivity index (χ2v) is 6.91. The molecule has 0 radical (unpaired) electrons. The average molecular weight is 368 g/mol. The quantitative estimate of drug-likeness (QED) is 0.752. The van der Waals surface area contributed by atoms with Gasteiger partial charge in [0.25, 0.3) is 0 Å². The van der Waals surface area contributed by atoms with E-state index in [1.165, 1.54) is 13.0 Å². The first-order valence-electron chi connectivity index (χ1n) is 9.40. The lowest BCUT2D eigenvalue weighted by Gasteiger charge is -2.37. The number of Topliss-reactive ketones (excluding diaryl/α,β-unsaturated/α-hetero) is 1. The van der Waals surface area contributed by atoms with Crippen molar-refractivity contribution in [1.82, 2.24) is 4.90 Å². The molecule has 0 aromatic heterocycles. The molecule has 27 heavy (non-hydrogen) atoms. The Morgan fingerprint density at radius 2 is 1.70 bits per heavy atom. The van der Waals surface area contributed by atoms with Crippen molar-refractivity contribution in [2.75, 3.05) is 31.1 Å². The lowest BCUT2D eigenvalue weighted by atomic mass is 9.95. The van der Waals surface area contributed by atoms with Crippen LogP contribution in [0.3, 0.4) is 0 Å². The molecule has 0 N–H and O–H groups in total. The van der Waals surface area contributed by atoms with Crippen molar-refractivity contribution in [2.24, 2.45) is 0 Å². The molecule has 2 aromatic carbocycles. The molecule has 5 heteroatoms. The van der Waals surface area contributed by atoms with Crippen molar-refractivity contribution in [1.29, 1.82) is 0 Å². The Labute approximate surface area is 159 Å². The molecule has 0 saturated carbocycles. The van der Waals surface area contributed by atoms with Gasteiger partial charge in [-0.25, -0.2) is 4.39 Å². The van der Waals surface area contributed by atoms with Crippen LogP contribution in [0.15, 0.2) is 48.5 Å². The second kappa shape index (κ2) is 8.33. The fourth-order valence-corrected chi connectivity index (χ4v) is 3.61. The number of ketones is 1. The van der Waals surface area contributed by atoms with Crippen molar-refractivity contribution in [3.05, 3.63) is 65.5 Å². The van der Waals surface area contributed by atoms with Crippen LogP contribution in [0, 0.1) is 5.82 Å². The Kier molecular flexibility index (Phi) is 5.89. The summed E-state index contributed by atoms with van der Waals surface area (Å²) in [5.74, 6) is -0.541. The van der Waals surface area contributed by atoms with Gasteiger partial charge in [0, 0.05) is 31.7 Å². The van der Waals surface area contributed by atoms with E-state index >= 15 is 0 Å². The standard InChI is InChI=1S/C22H25FN2O2/c1-3-19(17-7-5-4-6-8-17)22(27)25-13-11-24(12-14-25)21-10-9-18(16(2)26)15-20(21)23/h4-10,15,19H,3,11-14H2,1-2H3. The van der Waals surface area contributed by atoms with Gasteiger partial charge >= 0.3 is 0 Å². The number of hydrogen-bond acceptors (Lipinski definition) is 3. The highest BCUT2D eigenvalue weighted by molar-refractivity contribution is 5.94. The normalized spacial score (nSPS) is 15.5. The maximum Gasteiger partial charge on any atom is 0.230 e. The van der Waals surface area contributed by atoms with Crippen LogP contribution in [0.2, 0.25) is 0 Å². The van der Waals surface area contributed by atoms with Crippen LogP contribution in [0.5, 0.6) is 0 Å². The molecule has 1 unspecified atom stereocenters. The molecule has 4 nitrogen and oxygen atoms in total. The van der Waals surface area contributed by atoms with Gasteiger partial charge in [-0.1, -0.05) is 37.3 Å². The fourth-order valence-electron chi connectivity index (χ4n) is 3.61. The third kappa shape index (κ3) is 4.18. The highest BCUT2D eigenvalue weighted by Gasteiger charge is 2.28. The van der Waals surface area contributed by atoms with Crippen LogP contribution in [0.4, 0.5) is 10.1 Å². The molecule has 1 amide bonds. The van der Waals surface area contributed by atoms with Crippen LogP contribution >= 0.6 is 0 Å². The summed E-state index contributed by atoms with van der Waals surface area (Å²) >= 11 is 0. The summed E-state index contributed by atoms with van der Waals surface area (Å²) in [4.78, 5) is 28.2. The van der Waals surface area contributed by atoms with Gasteiger partial charge in [0.2, 0.25) is 5.91 Å². The third-order valence-corrected chi connectivity index (χ3v) is 5.19. The van der Waals surface area contributed by atoms with E-state index in [1.54, 1.807) is 12.1 Å². The first kappa shape index (κ1) is 19.1. The maximum atomic E-state index is 14.4. The van der Waals surface area contributed by atoms with Crippen molar-refractivity contribution in [3.63, 3.8) is 0 Å². The van der Waals surface area contributed by atoms with Crippen molar-refractivity contribution >= 4 is 17.4 Å². The van der Waals surface area contributed by atoms with E-state index in [0.29, 0.717) is 37.4 Å². The highest BCUT2D eigenvalue weighted by Crippen LogP contribution is 2.25. The third-order valence-electron chi connectivity index (χ3n) is 5.19. The molecule has 0 spiro atoms. The highest BCUT2D eigenvalue weighted by atomic mass is 19.1. The van der Waals surface area contributed by atoms with E-state index in [4.69, 9.17) is 0 Å². The molecular formula is C22H25FN2O2. The van der Waals surface area contributed by atoms with E-state index in [2.05, 4.69) is 0 Å². The number of benzene rings is 2. The lowest BCUT2D eigenvalue weighted by Crippen LogP contribution is -2.50. The Morgan fingerprint density at radius 3 is 2.26 bits per heavy atom. The number of amides is 1. The molecule has 1 aliphatic heterocycles. The molecule has 2 aromatic rings.